The lowest BCUT2D eigenvalue weighted by Gasteiger charge is -2.07. The van der Waals surface area contributed by atoms with E-state index >= 15 is 0 Å². The second kappa shape index (κ2) is 9.13. The van der Waals surface area contributed by atoms with Crippen LogP contribution in [0.4, 0.5) is 0 Å². The van der Waals surface area contributed by atoms with E-state index in [4.69, 9.17) is 4.74 Å². The van der Waals surface area contributed by atoms with E-state index in [9.17, 15) is 9.90 Å². The third-order valence-electron chi connectivity index (χ3n) is 4.71. The third kappa shape index (κ3) is 4.72. The lowest BCUT2D eigenvalue weighted by Crippen LogP contribution is -2.17. The first-order valence-corrected chi connectivity index (χ1v) is 9.95. The number of aromatic nitrogens is 2. The molecule has 7 heteroatoms. The van der Waals surface area contributed by atoms with Crippen LogP contribution >= 0.6 is 0 Å². The number of carbonyl (C=O) groups excluding carboxylic acids is 1. The number of phenols is 1. The van der Waals surface area contributed by atoms with Crippen molar-refractivity contribution in [2.75, 3.05) is 6.61 Å². The van der Waals surface area contributed by atoms with Crippen LogP contribution in [0.1, 0.15) is 34.2 Å². The quantitative estimate of drug-likeness (QED) is 0.314. The van der Waals surface area contributed by atoms with E-state index in [1.807, 2.05) is 37.3 Å². The van der Waals surface area contributed by atoms with Gasteiger partial charge in [0.05, 0.1) is 23.9 Å². The van der Waals surface area contributed by atoms with Crippen molar-refractivity contribution in [1.82, 2.24) is 15.4 Å². The van der Waals surface area contributed by atoms with E-state index in [-0.39, 0.29) is 11.7 Å². The molecule has 1 heterocycles. The summed E-state index contributed by atoms with van der Waals surface area (Å²) >= 11 is 0. The summed E-state index contributed by atoms with van der Waals surface area (Å²) in [5, 5.41) is 14.1. The summed E-state index contributed by atoms with van der Waals surface area (Å²) in [7, 11) is 0. The number of fused-ring (bicyclic) bond motifs is 1. The average molecular weight is 414 g/mol. The molecule has 0 saturated carbocycles. The van der Waals surface area contributed by atoms with Crippen LogP contribution < -0.4 is 10.2 Å². The molecule has 3 N–H and O–H groups in total. The maximum atomic E-state index is 12.5. The number of nitrogens with zero attached hydrogens (tertiary/aromatic N) is 2. The number of hydrazone groups is 1. The predicted octanol–water partition coefficient (Wildman–Crippen LogP) is 4.02. The zero-order valence-corrected chi connectivity index (χ0v) is 17.0. The van der Waals surface area contributed by atoms with Crippen molar-refractivity contribution >= 4 is 23.2 Å². The van der Waals surface area contributed by atoms with Crippen molar-refractivity contribution in [3.05, 3.63) is 89.2 Å². The Morgan fingerprint density at radius 1 is 1.16 bits per heavy atom. The number of H-pyrrole nitrogens is 1. The van der Waals surface area contributed by atoms with Crippen LogP contribution in [0.2, 0.25) is 0 Å². The Labute approximate surface area is 179 Å². The van der Waals surface area contributed by atoms with E-state index in [2.05, 4.69) is 20.5 Å². The van der Waals surface area contributed by atoms with Crippen molar-refractivity contribution in [3.8, 4) is 11.5 Å². The van der Waals surface area contributed by atoms with Crippen LogP contribution in [-0.4, -0.2) is 33.8 Å². The zero-order valence-electron chi connectivity index (χ0n) is 17.0. The first-order valence-electron chi connectivity index (χ1n) is 9.95. The summed E-state index contributed by atoms with van der Waals surface area (Å²) in [6.07, 6.45) is 2.06. The number of rotatable bonds is 7. The fraction of sp³-hybridized carbons (Fsp3) is 0.125. The minimum absolute atomic E-state index is 0.0211. The Balaban J connectivity index is 1.45. The summed E-state index contributed by atoms with van der Waals surface area (Å²) < 4.78 is 5.35. The maximum absolute atomic E-state index is 12.5. The molecule has 0 saturated heterocycles. The number of carbonyl (C=O) groups is 1. The van der Waals surface area contributed by atoms with Crippen LogP contribution in [0, 0.1) is 0 Å². The van der Waals surface area contributed by atoms with Crippen molar-refractivity contribution in [2.45, 2.75) is 13.3 Å². The molecule has 0 aliphatic heterocycles. The molecule has 0 radical (unpaired) electrons. The van der Waals surface area contributed by atoms with Gasteiger partial charge in [0.25, 0.3) is 5.91 Å². The first kappa shape index (κ1) is 20.2. The Kier molecular flexibility index (Phi) is 5.93. The molecule has 4 rings (SSSR count). The van der Waals surface area contributed by atoms with Crippen molar-refractivity contribution < 1.29 is 14.6 Å². The fourth-order valence-corrected chi connectivity index (χ4v) is 3.22. The van der Waals surface area contributed by atoms with E-state index in [1.165, 1.54) is 6.21 Å². The monoisotopic (exact) mass is 414 g/mol. The SMILES string of the molecule is CCOc1cccc(/C=N\NC(=O)c2ccc3nc(Cc4ccccc4)[nH]c3c2)c1O. The van der Waals surface area contributed by atoms with Crippen LogP contribution in [0.5, 0.6) is 11.5 Å². The fourth-order valence-electron chi connectivity index (χ4n) is 3.22. The summed E-state index contributed by atoms with van der Waals surface area (Å²) in [6, 6.07) is 20.4. The smallest absolute Gasteiger partial charge is 0.271 e. The molecule has 0 aliphatic carbocycles. The average Bonchev–Trinajstić information content (AvgIpc) is 3.18. The van der Waals surface area contributed by atoms with Gasteiger partial charge in [0.15, 0.2) is 11.5 Å². The van der Waals surface area contributed by atoms with Gasteiger partial charge in [-0.2, -0.15) is 5.10 Å². The number of hydrogen-bond donors (Lipinski definition) is 3. The first-order chi connectivity index (χ1) is 15.1. The number of hydrogen-bond acceptors (Lipinski definition) is 5. The highest BCUT2D eigenvalue weighted by atomic mass is 16.5. The predicted molar refractivity (Wildman–Crippen MR) is 120 cm³/mol. The molecule has 31 heavy (non-hydrogen) atoms. The number of phenolic OH excluding ortho intramolecular Hbond substituents is 1. The second-order valence-electron chi connectivity index (χ2n) is 6.90. The molecule has 4 aromatic rings. The molecule has 1 aromatic heterocycles. The highest BCUT2D eigenvalue weighted by molar-refractivity contribution is 5.98. The lowest BCUT2D eigenvalue weighted by molar-refractivity contribution is 0.0955. The van der Waals surface area contributed by atoms with E-state index in [1.54, 1.807) is 36.4 Å². The number of ether oxygens (including phenoxy) is 1. The van der Waals surface area contributed by atoms with Gasteiger partial charge < -0.3 is 14.8 Å². The largest absolute Gasteiger partial charge is 0.504 e. The number of nitrogens with one attached hydrogen (secondary N) is 2. The van der Waals surface area contributed by atoms with Crippen LogP contribution in [0.3, 0.4) is 0 Å². The molecule has 0 bridgehead atoms. The number of aromatic amines is 1. The van der Waals surface area contributed by atoms with E-state index < -0.39 is 0 Å². The van der Waals surface area contributed by atoms with Gasteiger partial charge in [0.2, 0.25) is 0 Å². The van der Waals surface area contributed by atoms with Crippen molar-refractivity contribution in [2.24, 2.45) is 5.10 Å². The molecule has 7 nitrogen and oxygen atoms in total. The minimum atomic E-state index is -0.363. The van der Waals surface area contributed by atoms with E-state index in [0.29, 0.717) is 29.9 Å². The molecule has 0 atom stereocenters. The van der Waals surface area contributed by atoms with Gasteiger partial charge in [-0.05, 0) is 42.8 Å². The summed E-state index contributed by atoms with van der Waals surface area (Å²) in [5.74, 6) is 0.820. The molecule has 0 fully saturated rings. The highest BCUT2D eigenvalue weighted by Crippen LogP contribution is 2.28. The van der Waals surface area contributed by atoms with Gasteiger partial charge in [0.1, 0.15) is 5.82 Å². The number of para-hydroxylation sites is 1. The van der Waals surface area contributed by atoms with E-state index in [0.717, 1.165) is 22.4 Å². The Morgan fingerprint density at radius 2 is 2.00 bits per heavy atom. The molecule has 1 amide bonds. The molecular formula is C24H22N4O3. The normalized spacial score (nSPS) is 11.1. The third-order valence-corrected chi connectivity index (χ3v) is 4.71. The minimum Gasteiger partial charge on any atom is -0.504 e. The van der Waals surface area contributed by atoms with Crippen LogP contribution in [-0.2, 0) is 6.42 Å². The summed E-state index contributed by atoms with van der Waals surface area (Å²) in [6.45, 7) is 2.27. The highest BCUT2D eigenvalue weighted by Gasteiger charge is 2.10. The van der Waals surface area contributed by atoms with Crippen molar-refractivity contribution in [3.63, 3.8) is 0 Å². The second-order valence-corrected chi connectivity index (χ2v) is 6.90. The summed E-state index contributed by atoms with van der Waals surface area (Å²) in [5.41, 5.74) is 6.11. The number of aromatic hydroxyl groups is 1. The number of amides is 1. The Bertz CT molecular complexity index is 1230. The van der Waals surface area contributed by atoms with Gasteiger partial charge in [0, 0.05) is 17.5 Å². The number of imidazole rings is 1. The topological polar surface area (TPSA) is 99.6 Å². The van der Waals surface area contributed by atoms with Gasteiger partial charge in [-0.3, -0.25) is 4.79 Å². The molecule has 0 spiro atoms. The molecule has 0 unspecified atom stereocenters. The van der Waals surface area contributed by atoms with Gasteiger partial charge in [-0.15, -0.1) is 0 Å². The Hall–Kier alpha value is -4.13. The van der Waals surface area contributed by atoms with Crippen LogP contribution in [0.25, 0.3) is 11.0 Å². The standard InChI is InChI=1S/C24H22N4O3/c1-2-31-21-10-6-9-18(23(21)29)15-25-28-24(30)17-11-12-19-20(14-17)27-22(26-19)13-16-7-4-3-5-8-16/h3-12,14-15,29H,2,13H2,1H3,(H,26,27)(H,28,30)/b25-15-. The lowest BCUT2D eigenvalue weighted by atomic mass is 10.1. The van der Waals surface area contributed by atoms with Gasteiger partial charge in [-0.25, -0.2) is 10.4 Å². The van der Waals surface area contributed by atoms with Gasteiger partial charge >= 0.3 is 0 Å². The summed E-state index contributed by atoms with van der Waals surface area (Å²) in [4.78, 5) is 20.3. The molecule has 3 aromatic carbocycles. The van der Waals surface area contributed by atoms with Crippen molar-refractivity contribution in [1.29, 1.82) is 0 Å². The zero-order chi connectivity index (χ0) is 21.6. The molecule has 156 valence electrons. The molecule has 0 aliphatic rings. The number of benzene rings is 3. The Morgan fingerprint density at radius 3 is 2.81 bits per heavy atom. The van der Waals surface area contributed by atoms with Gasteiger partial charge in [-0.1, -0.05) is 36.4 Å². The maximum Gasteiger partial charge on any atom is 0.271 e. The van der Waals surface area contributed by atoms with Crippen LogP contribution in [0.15, 0.2) is 71.8 Å². The molecular weight excluding hydrogens is 392 g/mol.